The van der Waals surface area contributed by atoms with Gasteiger partial charge in [0, 0.05) is 22.5 Å². The quantitative estimate of drug-likeness (QED) is 0.509. The summed E-state index contributed by atoms with van der Waals surface area (Å²) < 4.78 is 20.6. The fourth-order valence-corrected chi connectivity index (χ4v) is 4.87. The Bertz CT molecular complexity index is 1110. The van der Waals surface area contributed by atoms with Crippen LogP contribution in [0, 0.1) is 6.92 Å². The minimum Gasteiger partial charge on any atom is -0.497 e. The zero-order chi connectivity index (χ0) is 21.8. The highest BCUT2D eigenvalue weighted by Crippen LogP contribution is 2.35. The van der Waals surface area contributed by atoms with Gasteiger partial charge >= 0.3 is 0 Å². The lowest BCUT2D eigenvalue weighted by atomic mass is 9.93. The molecule has 156 valence electrons. The first-order valence-corrected chi connectivity index (χ1v) is 11.1. The van der Waals surface area contributed by atoms with Crippen molar-refractivity contribution in [3.63, 3.8) is 0 Å². The predicted molar refractivity (Wildman–Crippen MR) is 123 cm³/mol. The molecule has 30 heavy (non-hydrogen) atoms. The number of hydrogen-bond donors (Lipinski definition) is 1. The number of benzene rings is 3. The van der Waals surface area contributed by atoms with Crippen LogP contribution in [-0.4, -0.2) is 17.2 Å². The monoisotopic (exact) mass is 461 g/mol. The Balaban J connectivity index is 2.15. The molecule has 1 unspecified atom stereocenters. The molecule has 0 bridgehead atoms. The Morgan fingerprint density at radius 1 is 1.07 bits per heavy atom. The van der Waals surface area contributed by atoms with Crippen LogP contribution in [0.2, 0.25) is 10.0 Å². The zero-order valence-electron chi connectivity index (χ0n) is 16.8. The average Bonchev–Trinajstić information content (AvgIpc) is 2.68. The molecule has 0 aliphatic carbocycles. The van der Waals surface area contributed by atoms with Crippen molar-refractivity contribution in [3.8, 4) is 16.9 Å². The van der Waals surface area contributed by atoms with Crippen LogP contribution in [0.4, 0.5) is 0 Å². The molecule has 0 aliphatic heterocycles. The van der Waals surface area contributed by atoms with Crippen LogP contribution in [0.25, 0.3) is 11.1 Å². The van der Waals surface area contributed by atoms with Gasteiger partial charge in [-0.1, -0.05) is 41.4 Å². The molecule has 3 aromatic carbocycles. The molecule has 0 saturated heterocycles. The Morgan fingerprint density at radius 3 is 2.40 bits per heavy atom. The number of carbonyl (C=O) groups excluding carboxylic acids is 1. The predicted octanol–water partition coefficient (Wildman–Crippen LogP) is 5.73. The number of amides is 1. The maximum Gasteiger partial charge on any atom is 0.228 e. The molecule has 0 heterocycles. The molecule has 0 aliphatic rings. The number of carbonyl (C=O) groups is 1. The van der Waals surface area contributed by atoms with Gasteiger partial charge < -0.3 is 4.74 Å². The molecule has 3 rings (SSSR count). The first-order valence-electron chi connectivity index (χ1n) is 9.19. The third-order valence-electron chi connectivity index (χ3n) is 4.66. The lowest BCUT2D eigenvalue weighted by Gasteiger charge is -2.17. The summed E-state index contributed by atoms with van der Waals surface area (Å²) in [4.78, 5) is 12.0. The van der Waals surface area contributed by atoms with E-state index >= 15 is 0 Å². The van der Waals surface area contributed by atoms with Crippen molar-refractivity contribution in [2.45, 2.75) is 25.2 Å². The van der Waals surface area contributed by atoms with Gasteiger partial charge in [-0.15, -0.1) is 0 Å². The molecule has 3 aromatic rings. The molecule has 7 heteroatoms. The van der Waals surface area contributed by atoms with Gasteiger partial charge in [0.25, 0.3) is 0 Å². The van der Waals surface area contributed by atoms with E-state index in [1.165, 1.54) is 6.92 Å². The van der Waals surface area contributed by atoms with Gasteiger partial charge in [0.2, 0.25) is 5.91 Å². The minimum atomic E-state index is -1.71. The maximum atomic E-state index is 12.8. The second kappa shape index (κ2) is 9.65. The van der Waals surface area contributed by atoms with Gasteiger partial charge in [-0.25, -0.2) is 4.21 Å². The summed E-state index contributed by atoms with van der Waals surface area (Å²) in [6, 6.07) is 16.8. The van der Waals surface area contributed by atoms with Crippen LogP contribution in [0.3, 0.4) is 0 Å². The molecule has 1 N–H and O–H groups in total. The molecule has 1 amide bonds. The SMILES string of the molecule is COc1cccc(Cc2ccc(S(=O)NC(C)=O)c(-c3cc(Cl)cc(Cl)c3)c2C)c1. The highest BCUT2D eigenvalue weighted by atomic mass is 35.5. The lowest BCUT2D eigenvalue weighted by Crippen LogP contribution is -2.23. The van der Waals surface area contributed by atoms with E-state index < -0.39 is 11.0 Å². The van der Waals surface area contributed by atoms with Crippen molar-refractivity contribution in [1.29, 1.82) is 0 Å². The van der Waals surface area contributed by atoms with Crippen LogP contribution in [0.5, 0.6) is 5.75 Å². The zero-order valence-corrected chi connectivity index (χ0v) is 19.1. The van der Waals surface area contributed by atoms with Gasteiger partial charge in [-0.2, -0.15) is 0 Å². The molecule has 4 nitrogen and oxygen atoms in total. The number of halogens is 2. The van der Waals surface area contributed by atoms with Crippen LogP contribution in [0.15, 0.2) is 59.5 Å². The van der Waals surface area contributed by atoms with Gasteiger partial charge in [0.1, 0.15) is 5.75 Å². The Labute approximate surface area is 188 Å². The molecule has 0 aromatic heterocycles. The van der Waals surface area contributed by atoms with Crippen molar-refractivity contribution in [1.82, 2.24) is 4.72 Å². The van der Waals surface area contributed by atoms with E-state index in [0.29, 0.717) is 21.4 Å². The second-order valence-corrected chi connectivity index (χ2v) is 8.89. The summed E-state index contributed by atoms with van der Waals surface area (Å²) in [5.74, 6) is 0.414. The third-order valence-corrected chi connectivity index (χ3v) is 6.30. The van der Waals surface area contributed by atoms with E-state index in [1.807, 2.05) is 37.3 Å². The van der Waals surface area contributed by atoms with Crippen LogP contribution < -0.4 is 9.46 Å². The number of methoxy groups -OCH3 is 1. The summed E-state index contributed by atoms with van der Waals surface area (Å²) in [6.07, 6.45) is 0.664. The lowest BCUT2D eigenvalue weighted by molar-refractivity contribution is -0.117. The summed E-state index contributed by atoms with van der Waals surface area (Å²) >= 11 is 12.5. The highest BCUT2D eigenvalue weighted by Gasteiger charge is 2.18. The smallest absolute Gasteiger partial charge is 0.228 e. The average molecular weight is 462 g/mol. The van der Waals surface area contributed by atoms with E-state index in [4.69, 9.17) is 27.9 Å². The van der Waals surface area contributed by atoms with E-state index in [9.17, 15) is 9.00 Å². The number of hydrogen-bond acceptors (Lipinski definition) is 3. The third kappa shape index (κ3) is 5.22. The summed E-state index contributed by atoms with van der Waals surface area (Å²) in [6.45, 7) is 3.30. The maximum absolute atomic E-state index is 12.8. The van der Waals surface area contributed by atoms with Crippen molar-refractivity contribution in [3.05, 3.63) is 81.3 Å². The van der Waals surface area contributed by atoms with E-state index in [2.05, 4.69) is 4.72 Å². The minimum absolute atomic E-state index is 0.374. The van der Waals surface area contributed by atoms with Gasteiger partial charge in [0.05, 0.1) is 12.0 Å². The molecule has 1 atom stereocenters. The molecule has 0 spiro atoms. The Kier molecular flexibility index (Phi) is 7.19. The van der Waals surface area contributed by atoms with E-state index in [1.54, 1.807) is 31.4 Å². The van der Waals surface area contributed by atoms with Crippen LogP contribution in [-0.2, 0) is 22.2 Å². The number of nitrogens with one attached hydrogen (secondary N) is 1. The number of ether oxygens (including phenoxy) is 1. The summed E-state index contributed by atoms with van der Waals surface area (Å²) in [5.41, 5.74) is 4.56. The Hall–Kier alpha value is -2.34. The van der Waals surface area contributed by atoms with Crippen molar-refractivity contribution < 1.29 is 13.7 Å². The number of rotatable bonds is 6. The van der Waals surface area contributed by atoms with Gasteiger partial charge in [-0.3, -0.25) is 9.52 Å². The molecular weight excluding hydrogens is 441 g/mol. The van der Waals surface area contributed by atoms with Gasteiger partial charge in [-0.05, 0) is 72.0 Å². The molecule has 0 saturated carbocycles. The first-order chi connectivity index (χ1) is 14.3. The fourth-order valence-electron chi connectivity index (χ4n) is 3.32. The van der Waals surface area contributed by atoms with Gasteiger partial charge in [0.15, 0.2) is 11.0 Å². The van der Waals surface area contributed by atoms with Crippen molar-refractivity contribution in [2.75, 3.05) is 7.11 Å². The molecule has 0 fully saturated rings. The molecule has 0 radical (unpaired) electrons. The van der Waals surface area contributed by atoms with Crippen molar-refractivity contribution >= 4 is 40.1 Å². The normalized spacial score (nSPS) is 11.8. The van der Waals surface area contributed by atoms with Crippen LogP contribution in [0.1, 0.15) is 23.6 Å². The topological polar surface area (TPSA) is 55.4 Å². The standard InChI is InChI=1S/C23H21Cl2NO3S/c1-14-17(9-16-5-4-6-21(10-16)29-3)7-8-22(30(28)26-15(2)27)23(14)18-11-19(24)13-20(25)12-18/h4-8,10-13H,9H2,1-3H3,(H,26,27). The van der Waals surface area contributed by atoms with E-state index in [0.717, 1.165) is 33.6 Å². The summed E-state index contributed by atoms with van der Waals surface area (Å²) in [7, 11) is -0.0782. The highest BCUT2D eigenvalue weighted by molar-refractivity contribution is 7.83. The van der Waals surface area contributed by atoms with Crippen molar-refractivity contribution in [2.24, 2.45) is 0 Å². The second-order valence-electron chi connectivity index (χ2n) is 6.84. The summed E-state index contributed by atoms with van der Waals surface area (Å²) in [5, 5.41) is 0.956. The molecular formula is C23H21Cl2NO3S. The Morgan fingerprint density at radius 2 is 1.77 bits per heavy atom. The largest absolute Gasteiger partial charge is 0.497 e. The van der Waals surface area contributed by atoms with Crippen LogP contribution >= 0.6 is 23.2 Å². The van der Waals surface area contributed by atoms with E-state index in [-0.39, 0.29) is 5.91 Å². The fraction of sp³-hybridized carbons (Fsp3) is 0.174. The first kappa shape index (κ1) is 22.3.